The van der Waals surface area contributed by atoms with Gasteiger partial charge in [-0.3, -0.25) is 4.79 Å². The normalized spacial score (nSPS) is 30.1. The van der Waals surface area contributed by atoms with Crippen molar-refractivity contribution in [3.63, 3.8) is 0 Å². The zero-order valence-electron chi connectivity index (χ0n) is 11.6. The molecular formula is C14H26N2O2. The van der Waals surface area contributed by atoms with Gasteiger partial charge >= 0.3 is 0 Å². The number of ether oxygens (including phenoxy) is 1. The number of nitrogens with two attached hydrogens (primary N) is 1. The highest BCUT2D eigenvalue weighted by Crippen LogP contribution is 2.30. The van der Waals surface area contributed by atoms with Gasteiger partial charge in [-0.05, 0) is 18.8 Å². The van der Waals surface area contributed by atoms with E-state index >= 15 is 0 Å². The Morgan fingerprint density at radius 3 is 2.78 bits per heavy atom. The van der Waals surface area contributed by atoms with Crippen LogP contribution in [-0.2, 0) is 9.53 Å². The van der Waals surface area contributed by atoms with Crippen LogP contribution in [0.3, 0.4) is 0 Å². The Morgan fingerprint density at radius 1 is 1.39 bits per heavy atom. The van der Waals surface area contributed by atoms with E-state index in [9.17, 15) is 4.79 Å². The van der Waals surface area contributed by atoms with Crippen LogP contribution in [0.15, 0.2) is 0 Å². The first-order valence-electron chi connectivity index (χ1n) is 7.27. The van der Waals surface area contributed by atoms with Crippen LogP contribution in [0.5, 0.6) is 0 Å². The van der Waals surface area contributed by atoms with E-state index in [0.29, 0.717) is 25.1 Å². The number of amides is 1. The minimum absolute atomic E-state index is 0.0364. The quantitative estimate of drug-likeness (QED) is 0.828. The van der Waals surface area contributed by atoms with Gasteiger partial charge in [0.1, 0.15) is 0 Å². The van der Waals surface area contributed by atoms with Gasteiger partial charge in [-0.15, -0.1) is 0 Å². The predicted octanol–water partition coefficient (Wildman–Crippen LogP) is 1.39. The summed E-state index contributed by atoms with van der Waals surface area (Å²) in [5, 5.41) is 0. The molecule has 104 valence electrons. The summed E-state index contributed by atoms with van der Waals surface area (Å²) >= 11 is 0. The minimum atomic E-state index is -0.0364. The first kappa shape index (κ1) is 13.8. The number of hydrogen-bond acceptors (Lipinski definition) is 3. The fraction of sp³-hybridized carbons (Fsp3) is 0.929. The second-order valence-electron chi connectivity index (χ2n) is 5.88. The van der Waals surface area contributed by atoms with Gasteiger partial charge < -0.3 is 15.4 Å². The second-order valence-corrected chi connectivity index (χ2v) is 5.88. The second kappa shape index (κ2) is 6.02. The lowest BCUT2D eigenvalue weighted by atomic mass is 9.87. The molecule has 2 rings (SSSR count). The van der Waals surface area contributed by atoms with Gasteiger partial charge in [0.15, 0.2) is 0 Å². The molecule has 1 heterocycles. The van der Waals surface area contributed by atoms with Crippen LogP contribution < -0.4 is 5.73 Å². The van der Waals surface area contributed by atoms with Gasteiger partial charge in [-0.25, -0.2) is 0 Å². The van der Waals surface area contributed by atoms with E-state index in [1.165, 1.54) is 12.8 Å². The first-order chi connectivity index (χ1) is 8.65. The molecule has 3 unspecified atom stereocenters. The van der Waals surface area contributed by atoms with Crippen LogP contribution in [0, 0.1) is 11.8 Å². The van der Waals surface area contributed by atoms with Crippen LogP contribution >= 0.6 is 0 Å². The Hall–Kier alpha value is -0.610. The van der Waals surface area contributed by atoms with Gasteiger partial charge in [0.05, 0.1) is 24.7 Å². The summed E-state index contributed by atoms with van der Waals surface area (Å²) in [5.74, 6) is 0.519. The van der Waals surface area contributed by atoms with E-state index in [1.807, 2.05) is 0 Å². The standard InChI is InChI=1S/C14H26N2O2/c1-10(2)11(9-15)14(17)16-7-8-18-13-6-4-3-5-12(13)16/h10-13H,3-9,15H2,1-2H3. The zero-order valence-corrected chi connectivity index (χ0v) is 11.6. The summed E-state index contributed by atoms with van der Waals surface area (Å²) in [6.07, 6.45) is 4.90. The number of carbonyl (C=O) groups excluding carboxylic acids is 1. The van der Waals surface area contributed by atoms with Crippen molar-refractivity contribution in [1.29, 1.82) is 0 Å². The molecule has 0 aromatic rings. The molecule has 0 aromatic carbocycles. The number of nitrogens with zero attached hydrogens (tertiary/aromatic N) is 1. The highest BCUT2D eigenvalue weighted by Gasteiger charge is 2.38. The number of rotatable bonds is 3. The van der Waals surface area contributed by atoms with Crippen LogP contribution in [0.1, 0.15) is 39.5 Å². The summed E-state index contributed by atoms with van der Waals surface area (Å²) in [6.45, 7) is 6.03. The van der Waals surface area contributed by atoms with Crippen molar-refractivity contribution in [2.75, 3.05) is 19.7 Å². The Balaban J connectivity index is 2.07. The lowest BCUT2D eigenvalue weighted by molar-refractivity contribution is -0.154. The third kappa shape index (κ3) is 2.69. The fourth-order valence-electron chi connectivity index (χ4n) is 3.24. The van der Waals surface area contributed by atoms with Gasteiger partial charge in [-0.1, -0.05) is 26.7 Å². The van der Waals surface area contributed by atoms with Crippen molar-refractivity contribution < 1.29 is 9.53 Å². The lowest BCUT2D eigenvalue weighted by Crippen LogP contribution is -2.57. The Labute approximate surface area is 110 Å². The number of morpholine rings is 1. The molecule has 1 saturated heterocycles. The van der Waals surface area contributed by atoms with Crippen molar-refractivity contribution in [3.8, 4) is 0 Å². The highest BCUT2D eigenvalue weighted by atomic mass is 16.5. The molecule has 0 spiro atoms. The van der Waals surface area contributed by atoms with E-state index < -0.39 is 0 Å². The topological polar surface area (TPSA) is 55.6 Å². The van der Waals surface area contributed by atoms with Crippen LogP contribution in [0.4, 0.5) is 0 Å². The number of hydrogen-bond donors (Lipinski definition) is 1. The first-order valence-corrected chi connectivity index (χ1v) is 7.27. The molecule has 0 radical (unpaired) electrons. The van der Waals surface area contributed by atoms with Gasteiger partial charge in [0.25, 0.3) is 0 Å². The maximum atomic E-state index is 12.6. The number of fused-ring (bicyclic) bond motifs is 1. The fourth-order valence-corrected chi connectivity index (χ4v) is 3.24. The van der Waals surface area contributed by atoms with Crippen molar-refractivity contribution in [1.82, 2.24) is 4.90 Å². The molecule has 4 heteroatoms. The SMILES string of the molecule is CC(C)C(CN)C(=O)N1CCOC2CCCCC21. The molecule has 4 nitrogen and oxygen atoms in total. The number of carbonyl (C=O) groups is 1. The van der Waals surface area contributed by atoms with Crippen molar-refractivity contribution in [2.24, 2.45) is 17.6 Å². The summed E-state index contributed by atoms with van der Waals surface area (Å²) in [4.78, 5) is 14.7. The van der Waals surface area contributed by atoms with Gasteiger partial charge in [0, 0.05) is 13.1 Å². The molecule has 1 aliphatic heterocycles. The van der Waals surface area contributed by atoms with E-state index in [2.05, 4.69) is 18.7 Å². The molecule has 18 heavy (non-hydrogen) atoms. The van der Waals surface area contributed by atoms with Crippen LogP contribution in [0.25, 0.3) is 0 Å². The third-order valence-corrected chi connectivity index (χ3v) is 4.39. The average Bonchev–Trinajstić information content (AvgIpc) is 2.38. The Kier molecular flexibility index (Phi) is 4.62. The molecule has 2 aliphatic rings. The molecule has 2 fully saturated rings. The largest absolute Gasteiger partial charge is 0.374 e. The minimum Gasteiger partial charge on any atom is -0.374 e. The lowest BCUT2D eigenvalue weighted by Gasteiger charge is -2.45. The summed E-state index contributed by atoms with van der Waals surface area (Å²) in [6, 6.07) is 0.299. The molecular weight excluding hydrogens is 228 g/mol. The monoisotopic (exact) mass is 254 g/mol. The van der Waals surface area contributed by atoms with Crippen molar-refractivity contribution in [3.05, 3.63) is 0 Å². The Morgan fingerprint density at radius 2 is 2.11 bits per heavy atom. The van der Waals surface area contributed by atoms with Crippen molar-refractivity contribution >= 4 is 5.91 Å². The van der Waals surface area contributed by atoms with Gasteiger partial charge in [0.2, 0.25) is 5.91 Å². The summed E-state index contributed by atoms with van der Waals surface area (Å²) < 4.78 is 5.81. The molecule has 1 saturated carbocycles. The maximum Gasteiger partial charge on any atom is 0.227 e. The van der Waals surface area contributed by atoms with E-state index in [-0.39, 0.29) is 17.9 Å². The van der Waals surface area contributed by atoms with Gasteiger partial charge in [-0.2, -0.15) is 0 Å². The molecule has 0 bridgehead atoms. The molecule has 0 aromatic heterocycles. The highest BCUT2D eigenvalue weighted by molar-refractivity contribution is 5.79. The van der Waals surface area contributed by atoms with E-state index in [0.717, 1.165) is 19.4 Å². The maximum absolute atomic E-state index is 12.6. The Bertz CT molecular complexity index is 292. The smallest absolute Gasteiger partial charge is 0.227 e. The molecule has 2 N–H and O–H groups in total. The van der Waals surface area contributed by atoms with E-state index in [1.54, 1.807) is 0 Å². The van der Waals surface area contributed by atoms with Crippen molar-refractivity contribution in [2.45, 2.75) is 51.7 Å². The van der Waals surface area contributed by atoms with Crippen LogP contribution in [0.2, 0.25) is 0 Å². The zero-order chi connectivity index (χ0) is 13.1. The molecule has 1 aliphatic carbocycles. The summed E-state index contributed by atoms with van der Waals surface area (Å²) in [7, 11) is 0. The predicted molar refractivity (Wildman–Crippen MR) is 71.1 cm³/mol. The average molecular weight is 254 g/mol. The third-order valence-electron chi connectivity index (χ3n) is 4.39. The summed E-state index contributed by atoms with van der Waals surface area (Å²) in [5.41, 5.74) is 5.77. The molecule has 3 atom stereocenters. The molecule has 1 amide bonds. The van der Waals surface area contributed by atoms with Crippen LogP contribution in [-0.4, -0.2) is 42.6 Å². The van der Waals surface area contributed by atoms with E-state index in [4.69, 9.17) is 10.5 Å².